The number of hydrogen-bond acceptors (Lipinski definition) is 0. The third-order valence-corrected chi connectivity index (χ3v) is 2.92. The second kappa shape index (κ2) is 4.00. The first-order chi connectivity index (χ1) is 4.86. The summed E-state index contributed by atoms with van der Waals surface area (Å²) in [6.07, 6.45) is 8.86. The largest absolute Gasteiger partial charge is 0.0654 e. The summed E-state index contributed by atoms with van der Waals surface area (Å²) in [5.74, 6) is 2.17. The molecule has 1 saturated carbocycles. The van der Waals surface area contributed by atoms with E-state index < -0.39 is 0 Å². The fraction of sp³-hybridized carbons (Fsp3) is 1.00. The molecule has 0 spiro atoms. The van der Waals surface area contributed by atoms with Crippen LogP contribution in [0.15, 0.2) is 0 Å². The van der Waals surface area contributed by atoms with Crippen molar-refractivity contribution in [2.45, 2.75) is 52.4 Å². The topological polar surface area (TPSA) is 0 Å². The van der Waals surface area contributed by atoms with Crippen LogP contribution >= 0.6 is 0 Å². The predicted octanol–water partition coefficient (Wildman–Crippen LogP) is 3.61. The van der Waals surface area contributed by atoms with Crippen LogP contribution in [-0.4, -0.2) is 0 Å². The van der Waals surface area contributed by atoms with Crippen molar-refractivity contribution in [2.24, 2.45) is 11.8 Å². The molecule has 0 radical (unpaired) electrons. The van der Waals surface area contributed by atoms with E-state index >= 15 is 0 Å². The molecule has 0 N–H and O–H groups in total. The van der Waals surface area contributed by atoms with Crippen LogP contribution in [0.3, 0.4) is 0 Å². The molecule has 1 aliphatic rings. The molecular formula is C10H20. The van der Waals surface area contributed by atoms with E-state index in [2.05, 4.69) is 13.8 Å². The van der Waals surface area contributed by atoms with Gasteiger partial charge >= 0.3 is 0 Å². The van der Waals surface area contributed by atoms with Crippen molar-refractivity contribution in [1.29, 1.82) is 0 Å². The van der Waals surface area contributed by atoms with E-state index in [4.69, 9.17) is 0 Å². The molecule has 0 heteroatoms. The van der Waals surface area contributed by atoms with Crippen molar-refractivity contribution in [3.05, 3.63) is 0 Å². The average Bonchev–Trinajstić information content (AvgIpc) is 2.37. The Labute approximate surface area is 65.0 Å². The molecule has 0 aromatic carbocycles. The zero-order valence-corrected chi connectivity index (χ0v) is 7.40. The van der Waals surface area contributed by atoms with Gasteiger partial charge in [0.1, 0.15) is 0 Å². The maximum atomic E-state index is 2.33. The quantitative estimate of drug-likeness (QED) is 0.561. The van der Waals surface area contributed by atoms with Gasteiger partial charge in [0.2, 0.25) is 0 Å². The first-order valence-corrected chi connectivity index (χ1v) is 4.86. The lowest BCUT2D eigenvalue weighted by Gasteiger charge is -2.07. The zero-order valence-electron chi connectivity index (χ0n) is 7.40. The van der Waals surface area contributed by atoms with Crippen LogP contribution < -0.4 is 0 Å². The minimum absolute atomic E-state index is 1.08. The smallest absolute Gasteiger partial charge is 0.0412 e. The second-order valence-corrected chi connectivity index (χ2v) is 3.74. The van der Waals surface area contributed by atoms with Crippen molar-refractivity contribution < 1.29 is 0 Å². The van der Waals surface area contributed by atoms with Gasteiger partial charge in [-0.25, -0.2) is 0 Å². The highest BCUT2D eigenvalue weighted by atomic mass is 14.3. The van der Waals surface area contributed by atoms with Crippen LogP contribution in [0, 0.1) is 11.8 Å². The molecule has 1 aliphatic carbocycles. The monoisotopic (exact) mass is 140 g/mol. The third-order valence-electron chi connectivity index (χ3n) is 2.92. The van der Waals surface area contributed by atoms with E-state index in [9.17, 15) is 0 Å². The first-order valence-electron chi connectivity index (χ1n) is 4.86. The summed E-state index contributed by atoms with van der Waals surface area (Å²) in [6, 6.07) is 0. The molecule has 0 unspecified atom stereocenters. The van der Waals surface area contributed by atoms with Gasteiger partial charge in [-0.3, -0.25) is 0 Å². The van der Waals surface area contributed by atoms with Gasteiger partial charge in [-0.05, 0) is 18.3 Å². The lowest BCUT2D eigenvalue weighted by molar-refractivity contribution is 0.453. The molecule has 0 aromatic heterocycles. The summed E-state index contributed by atoms with van der Waals surface area (Å²) in [5, 5.41) is 0. The standard InChI is InChI=1S/C10H20/c1-3-5-10-7-6-9(4-2)8-10/h9-10H,3-8H2,1-2H3/t9-,10-/m1/s1. The van der Waals surface area contributed by atoms with E-state index in [0.29, 0.717) is 0 Å². The van der Waals surface area contributed by atoms with E-state index in [1.165, 1.54) is 38.5 Å². The van der Waals surface area contributed by atoms with Gasteiger partial charge < -0.3 is 0 Å². The minimum Gasteiger partial charge on any atom is -0.0654 e. The van der Waals surface area contributed by atoms with Crippen LogP contribution in [0.25, 0.3) is 0 Å². The van der Waals surface area contributed by atoms with Gasteiger partial charge in [0.05, 0.1) is 0 Å². The van der Waals surface area contributed by atoms with Crippen LogP contribution in [0.2, 0.25) is 0 Å². The fourth-order valence-electron chi connectivity index (χ4n) is 2.22. The van der Waals surface area contributed by atoms with Crippen molar-refractivity contribution in [3.8, 4) is 0 Å². The van der Waals surface area contributed by atoms with Gasteiger partial charge in [-0.1, -0.05) is 46.0 Å². The molecule has 60 valence electrons. The Bertz CT molecular complexity index is 86.0. The van der Waals surface area contributed by atoms with Crippen molar-refractivity contribution in [1.82, 2.24) is 0 Å². The molecule has 0 nitrogen and oxygen atoms in total. The van der Waals surface area contributed by atoms with Gasteiger partial charge in [-0.15, -0.1) is 0 Å². The Morgan fingerprint density at radius 1 is 1.10 bits per heavy atom. The Morgan fingerprint density at radius 2 is 1.80 bits per heavy atom. The molecule has 1 rings (SSSR count). The molecule has 0 heterocycles. The summed E-state index contributed by atoms with van der Waals surface area (Å²) in [4.78, 5) is 0. The maximum Gasteiger partial charge on any atom is -0.0412 e. The first kappa shape index (κ1) is 8.10. The molecule has 0 saturated heterocycles. The molecular weight excluding hydrogens is 120 g/mol. The summed E-state index contributed by atoms with van der Waals surface area (Å²) in [7, 11) is 0. The normalized spacial score (nSPS) is 33.0. The van der Waals surface area contributed by atoms with Crippen LogP contribution in [0.5, 0.6) is 0 Å². The molecule has 0 bridgehead atoms. The zero-order chi connectivity index (χ0) is 7.40. The molecule has 0 aliphatic heterocycles. The average molecular weight is 140 g/mol. The van der Waals surface area contributed by atoms with E-state index in [1.54, 1.807) is 0 Å². The molecule has 0 amide bonds. The summed E-state index contributed by atoms with van der Waals surface area (Å²) in [5.41, 5.74) is 0. The number of hydrogen-bond donors (Lipinski definition) is 0. The highest BCUT2D eigenvalue weighted by molar-refractivity contribution is 4.73. The lowest BCUT2D eigenvalue weighted by atomic mass is 9.99. The van der Waals surface area contributed by atoms with E-state index in [0.717, 1.165) is 11.8 Å². The summed E-state index contributed by atoms with van der Waals surface area (Å²) >= 11 is 0. The van der Waals surface area contributed by atoms with Crippen LogP contribution in [-0.2, 0) is 0 Å². The SMILES string of the molecule is CCC[C@@H]1CC[C@@H](CC)C1. The molecule has 2 atom stereocenters. The Balaban J connectivity index is 2.15. The van der Waals surface area contributed by atoms with Crippen LogP contribution in [0.1, 0.15) is 52.4 Å². The summed E-state index contributed by atoms with van der Waals surface area (Å²) in [6.45, 7) is 4.64. The van der Waals surface area contributed by atoms with Crippen molar-refractivity contribution in [2.75, 3.05) is 0 Å². The molecule has 0 aromatic rings. The van der Waals surface area contributed by atoms with Gasteiger partial charge in [-0.2, -0.15) is 0 Å². The maximum absolute atomic E-state index is 2.33. The lowest BCUT2D eigenvalue weighted by Crippen LogP contribution is -1.94. The van der Waals surface area contributed by atoms with Gasteiger partial charge in [0.15, 0.2) is 0 Å². The minimum atomic E-state index is 1.08. The van der Waals surface area contributed by atoms with E-state index in [1.807, 2.05) is 0 Å². The van der Waals surface area contributed by atoms with E-state index in [-0.39, 0.29) is 0 Å². The highest BCUT2D eigenvalue weighted by Crippen LogP contribution is 2.35. The van der Waals surface area contributed by atoms with Crippen LogP contribution in [0.4, 0.5) is 0 Å². The Kier molecular flexibility index (Phi) is 3.24. The van der Waals surface area contributed by atoms with Crippen molar-refractivity contribution in [3.63, 3.8) is 0 Å². The highest BCUT2D eigenvalue weighted by Gasteiger charge is 2.21. The Morgan fingerprint density at radius 3 is 2.30 bits per heavy atom. The molecule has 1 fully saturated rings. The number of rotatable bonds is 3. The predicted molar refractivity (Wildman–Crippen MR) is 46.0 cm³/mol. The van der Waals surface area contributed by atoms with Crippen molar-refractivity contribution >= 4 is 0 Å². The Hall–Kier alpha value is 0. The fourth-order valence-corrected chi connectivity index (χ4v) is 2.22. The third kappa shape index (κ3) is 2.00. The summed E-state index contributed by atoms with van der Waals surface area (Å²) < 4.78 is 0. The van der Waals surface area contributed by atoms with Gasteiger partial charge in [0.25, 0.3) is 0 Å². The second-order valence-electron chi connectivity index (χ2n) is 3.74. The van der Waals surface area contributed by atoms with Gasteiger partial charge in [0, 0.05) is 0 Å². The molecule has 10 heavy (non-hydrogen) atoms.